The van der Waals surface area contributed by atoms with Crippen molar-refractivity contribution >= 4 is 0 Å². The van der Waals surface area contributed by atoms with Crippen molar-refractivity contribution in [3.8, 4) is 0 Å². The van der Waals surface area contributed by atoms with Crippen LogP contribution < -0.4 is 0 Å². The molecular weight excluding hydrogens is 140 g/mol. The Morgan fingerprint density at radius 3 is 2.45 bits per heavy atom. The summed E-state index contributed by atoms with van der Waals surface area (Å²) >= 11 is 0. The first-order chi connectivity index (χ1) is 5.22. The summed E-state index contributed by atoms with van der Waals surface area (Å²) in [5.74, 6) is 0.0154. The van der Waals surface area contributed by atoms with Gasteiger partial charge in [-0.05, 0) is 6.08 Å². The molecule has 0 amide bonds. The maximum atomic E-state index is 5.54. The van der Waals surface area contributed by atoms with Crippen molar-refractivity contribution in [1.29, 1.82) is 0 Å². The van der Waals surface area contributed by atoms with Crippen LogP contribution in [0.2, 0.25) is 0 Å². The second-order valence-electron chi connectivity index (χ2n) is 3.10. The first-order valence-corrected chi connectivity index (χ1v) is 4.14. The van der Waals surface area contributed by atoms with Gasteiger partial charge < -0.3 is 9.47 Å². The van der Waals surface area contributed by atoms with Crippen molar-refractivity contribution in [2.24, 2.45) is 5.92 Å². The van der Waals surface area contributed by atoms with E-state index >= 15 is 0 Å². The molecule has 0 aromatic heterocycles. The van der Waals surface area contributed by atoms with Gasteiger partial charge in [-0.2, -0.15) is 0 Å². The fourth-order valence-electron chi connectivity index (χ4n) is 1.12. The lowest BCUT2D eigenvalue weighted by Gasteiger charge is -2.36. The van der Waals surface area contributed by atoms with Crippen LogP contribution in [-0.4, -0.2) is 19.0 Å². The minimum atomic E-state index is -0.494. The van der Waals surface area contributed by atoms with Crippen molar-refractivity contribution in [1.82, 2.24) is 0 Å². The zero-order valence-electron chi connectivity index (χ0n) is 7.30. The van der Waals surface area contributed by atoms with Crippen LogP contribution >= 0.6 is 0 Å². The number of ether oxygens (including phenoxy) is 2. The van der Waals surface area contributed by atoms with Crippen LogP contribution in [0, 0.1) is 5.92 Å². The topological polar surface area (TPSA) is 18.5 Å². The van der Waals surface area contributed by atoms with E-state index in [0.717, 1.165) is 19.6 Å². The molecule has 0 saturated carbocycles. The van der Waals surface area contributed by atoms with Gasteiger partial charge in [-0.15, -0.1) is 0 Å². The van der Waals surface area contributed by atoms with Gasteiger partial charge >= 0.3 is 0 Å². The Labute approximate surface area is 68.2 Å². The third-order valence-corrected chi connectivity index (χ3v) is 2.03. The van der Waals surface area contributed by atoms with Crippen molar-refractivity contribution in [3.63, 3.8) is 0 Å². The SMILES string of the molecule is C=CC1(CC)OCC(C)CO1. The Hall–Kier alpha value is -0.340. The van der Waals surface area contributed by atoms with Crippen LogP contribution in [0.4, 0.5) is 0 Å². The van der Waals surface area contributed by atoms with Gasteiger partial charge in [0.25, 0.3) is 0 Å². The first kappa shape index (κ1) is 8.75. The van der Waals surface area contributed by atoms with E-state index in [9.17, 15) is 0 Å². The van der Waals surface area contributed by atoms with Crippen molar-refractivity contribution in [2.45, 2.75) is 26.1 Å². The summed E-state index contributed by atoms with van der Waals surface area (Å²) in [6.07, 6.45) is 2.59. The highest BCUT2D eigenvalue weighted by Gasteiger charge is 2.31. The molecule has 1 heterocycles. The molecule has 0 bridgehead atoms. The molecule has 2 heteroatoms. The maximum Gasteiger partial charge on any atom is 0.187 e. The van der Waals surface area contributed by atoms with Gasteiger partial charge in [0.15, 0.2) is 5.79 Å². The Morgan fingerprint density at radius 1 is 1.55 bits per heavy atom. The molecule has 0 aromatic carbocycles. The Bertz CT molecular complexity index is 134. The van der Waals surface area contributed by atoms with E-state index in [0.29, 0.717) is 5.92 Å². The Balaban J connectivity index is 2.52. The highest BCUT2D eigenvalue weighted by atomic mass is 16.7. The molecule has 0 aliphatic carbocycles. The molecule has 1 fully saturated rings. The third kappa shape index (κ3) is 1.82. The molecule has 2 nitrogen and oxygen atoms in total. The quantitative estimate of drug-likeness (QED) is 0.569. The van der Waals surface area contributed by atoms with Crippen molar-refractivity contribution in [3.05, 3.63) is 12.7 Å². The monoisotopic (exact) mass is 156 g/mol. The second kappa shape index (κ2) is 3.37. The van der Waals surface area contributed by atoms with E-state index < -0.39 is 5.79 Å². The summed E-state index contributed by atoms with van der Waals surface area (Å²) in [6, 6.07) is 0. The lowest BCUT2D eigenvalue weighted by Crippen LogP contribution is -2.41. The maximum absolute atomic E-state index is 5.54. The molecule has 0 radical (unpaired) electrons. The number of rotatable bonds is 2. The Kier molecular flexibility index (Phi) is 2.68. The minimum Gasteiger partial charge on any atom is -0.346 e. The fraction of sp³-hybridized carbons (Fsp3) is 0.778. The summed E-state index contributed by atoms with van der Waals surface area (Å²) in [7, 11) is 0. The fourth-order valence-corrected chi connectivity index (χ4v) is 1.12. The van der Waals surface area contributed by atoms with E-state index in [-0.39, 0.29) is 0 Å². The summed E-state index contributed by atoms with van der Waals surface area (Å²) in [5, 5.41) is 0. The number of hydrogen-bond acceptors (Lipinski definition) is 2. The molecule has 11 heavy (non-hydrogen) atoms. The van der Waals surface area contributed by atoms with E-state index in [1.807, 2.05) is 6.92 Å². The van der Waals surface area contributed by atoms with Gasteiger partial charge in [0.2, 0.25) is 0 Å². The molecule has 64 valence electrons. The lowest BCUT2D eigenvalue weighted by molar-refractivity contribution is -0.252. The zero-order valence-corrected chi connectivity index (χ0v) is 7.30. The zero-order chi connectivity index (χ0) is 8.32. The Morgan fingerprint density at radius 2 is 2.09 bits per heavy atom. The molecule has 0 unspecified atom stereocenters. The first-order valence-electron chi connectivity index (χ1n) is 4.14. The van der Waals surface area contributed by atoms with Crippen LogP contribution in [0.15, 0.2) is 12.7 Å². The molecule has 0 aromatic rings. The van der Waals surface area contributed by atoms with Crippen molar-refractivity contribution in [2.75, 3.05) is 13.2 Å². The summed E-state index contributed by atoms with van der Waals surface area (Å²) in [5.41, 5.74) is 0. The average Bonchev–Trinajstić information content (AvgIpc) is 2.07. The van der Waals surface area contributed by atoms with Gasteiger partial charge in [-0.25, -0.2) is 0 Å². The lowest BCUT2D eigenvalue weighted by atomic mass is 10.1. The largest absolute Gasteiger partial charge is 0.346 e. The predicted octanol–water partition coefficient (Wildman–Crippen LogP) is 1.96. The van der Waals surface area contributed by atoms with Crippen LogP contribution in [0.3, 0.4) is 0 Å². The number of hydrogen-bond donors (Lipinski definition) is 0. The van der Waals surface area contributed by atoms with Gasteiger partial charge in [0, 0.05) is 12.3 Å². The van der Waals surface area contributed by atoms with E-state index in [1.54, 1.807) is 6.08 Å². The second-order valence-corrected chi connectivity index (χ2v) is 3.10. The van der Waals surface area contributed by atoms with Crippen LogP contribution in [0.1, 0.15) is 20.3 Å². The standard InChI is InChI=1S/C9H16O2/c1-4-9(5-2)10-6-8(3)7-11-9/h4,8H,1,5-7H2,2-3H3. The molecule has 1 aliphatic heterocycles. The molecule has 0 N–H and O–H groups in total. The summed E-state index contributed by atoms with van der Waals surface area (Å²) in [6.45, 7) is 9.41. The van der Waals surface area contributed by atoms with Crippen LogP contribution in [0.5, 0.6) is 0 Å². The molecule has 1 saturated heterocycles. The molecule has 0 spiro atoms. The van der Waals surface area contributed by atoms with E-state index in [2.05, 4.69) is 13.5 Å². The minimum absolute atomic E-state index is 0.494. The van der Waals surface area contributed by atoms with Crippen LogP contribution in [0.25, 0.3) is 0 Å². The van der Waals surface area contributed by atoms with Gasteiger partial charge in [0.1, 0.15) is 0 Å². The predicted molar refractivity (Wildman–Crippen MR) is 44.3 cm³/mol. The summed E-state index contributed by atoms with van der Waals surface area (Å²) in [4.78, 5) is 0. The molecule has 0 atom stereocenters. The molecule has 1 rings (SSSR count). The van der Waals surface area contributed by atoms with E-state index in [4.69, 9.17) is 9.47 Å². The van der Waals surface area contributed by atoms with Crippen LogP contribution in [-0.2, 0) is 9.47 Å². The smallest absolute Gasteiger partial charge is 0.187 e. The van der Waals surface area contributed by atoms with Crippen molar-refractivity contribution < 1.29 is 9.47 Å². The van der Waals surface area contributed by atoms with Gasteiger partial charge in [0.05, 0.1) is 13.2 Å². The highest BCUT2D eigenvalue weighted by Crippen LogP contribution is 2.25. The normalized spacial score (nSPS) is 38.5. The van der Waals surface area contributed by atoms with E-state index in [1.165, 1.54) is 0 Å². The average molecular weight is 156 g/mol. The molecular formula is C9H16O2. The third-order valence-electron chi connectivity index (χ3n) is 2.03. The summed E-state index contributed by atoms with van der Waals surface area (Å²) < 4.78 is 11.1. The highest BCUT2D eigenvalue weighted by molar-refractivity contribution is 4.90. The molecule has 1 aliphatic rings. The van der Waals surface area contributed by atoms with Gasteiger partial charge in [-0.1, -0.05) is 20.4 Å². The van der Waals surface area contributed by atoms with Gasteiger partial charge in [-0.3, -0.25) is 0 Å².